The van der Waals surface area contributed by atoms with Crippen molar-refractivity contribution in [1.82, 2.24) is 10.2 Å². The third-order valence-electron chi connectivity index (χ3n) is 2.75. The molecule has 1 heterocycles. The highest BCUT2D eigenvalue weighted by molar-refractivity contribution is 9.11. The second-order valence-electron chi connectivity index (χ2n) is 4.32. The predicted molar refractivity (Wildman–Crippen MR) is 83.1 cm³/mol. The molecule has 0 unspecified atom stereocenters. The molecule has 0 bridgehead atoms. The maximum absolute atomic E-state index is 12.2. The van der Waals surface area contributed by atoms with Crippen molar-refractivity contribution in [2.24, 2.45) is 0 Å². The molecule has 2 amide bonds. The topological polar surface area (TPSA) is 49.4 Å². The largest absolute Gasteiger partial charge is 0.350 e. The molecule has 0 aromatic rings. The quantitative estimate of drug-likeness (QED) is 0.777. The zero-order valence-electron chi connectivity index (χ0n) is 11.2. The van der Waals surface area contributed by atoms with E-state index in [-0.39, 0.29) is 17.9 Å². The molecule has 106 valence electrons. The Hall–Kier alpha value is -0.750. The van der Waals surface area contributed by atoms with Gasteiger partial charge in [-0.05, 0) is 13.3 Å². The fourth-order valence-corrected chi connectivity index (χ4v) is 3.07. The van der Waals surface area contributed by atoms with Gasteiger partial charge >= 0.3 is 0 Å². The van der Waals surface area contributed by atoms with Gasteiger partial charge in [0.05, 0.1) is 5.88 Å². The zero-order chi connectivity index (χ0) is 14.4. The van der Waals surface area contributed by atoms with E-state index >= 15 is 0 Å². The van der Waals surface area contributed by atoms with Gasteiger partial charge in [0.1, 0.15) is 6.04 Å². The zero-order valence-corrected chi connectivity index (χ0v) is 13.6. The summed E-state index contributed by atoms with van der Waals surface area (Å²) in [4.78, 5) is 25.9. The standard InChI is InChI=1S/C13H19BrN2O2S/c1-4-5-9(2)13(18)16-8-19-7-11(16)12(17)15-6-10(3)14/h5,11H,3-4,6-8H2,1-2H3,(H,15,17)/b9-5-/t11-/m1/s1. The first-order chi connectivity index (χ1) is 8.97. The molecule has 0 saturated carbocycles. The number of carbonyl (C=O) groups is 2. The lowest BCUT2D eigenvalue weighted by Crippen LogP contribution is -2.47. The van der Waals surface area contributed by atoms with Crippen molar-refractivity contribution in [3.63, 3.8) is 0 Å². The molecule has 0 aromatic carbocycles. The third-order valence-corrected chi connectivity index (χ3v) is 4.04. The van der Waals surface area contributed by atoms with Gasteiger partial charge in [0, 0.05) is 22.4 Å². The van der Waals surface area contributed by atoms with E-state index in [9.17, 15) is 9.59 Å². The van der Waals surface area contributed by atoms with Gasteiger partial charge in [-0.25, -0.2) is 0 Å². The average molecular weight is 347 g/mol. The molecule has 1 atom stereocenters. The molecular weight excluding hydrogens is 328 g/mol. The normalized spacial score (nSPS) is 19.4. The minimum Gasteiger partial charge on any atom is -0.350 e. The van der Waals surface area contributed by atoms with Gasteiger partial charge < -0.3 is 10.2 Å². The molecule has 1 aliphatic rings. The SMILES string of the molecule is C=C(Br)CNC(=O)[C@H]1CSCN1C(=O)/C(C)=C\CC. The van der Waals surface area contributed by atoms with E-state index in [1.807, 2.05) is 13.0 Å². The first-order valence-electron chi connectivity index (χ1n) is 6.13. The van der Waals surface area contributed by atoms with Crippen LogP contribution in [0.3, 0.4) is 0 Å². The van der Waals surface area contributed by atoms with Crippen LogP contribution in [-0.2, 0) is 9.59 Å². The van der Waals surface area contributed by atoms with Crippen LogP contribution in [0.4, 0.5) is 0 Å². The molecule has 1 fully saturated rings. The Morgan fingerprint density at radius 1 is 1.58 bits per heavy atom. The number of amides is 2. The third kappa shape index (κ3) is 4.69. The Bertz CT molecular complexity index is 409. The lowest BCUT2D eigenvalue weighted by Gasteiger charge is -2.23. The molecule has 0 aliphatic carbocycles. The summed E-state index contributed by atoms with van der Waals surface area (Å²) in [6, 6.07) is -0.385. The van der Waals surface area contributed by atoms with Gasteiger partial charge in [-0.2, -0.15) is 0 Å². The van der Waals surface area contributed by atoms with Gasteiger partial charge in [-0.3, -0.25) is 9.59 Å². The molecule has 1 aliphatic heterocycles. The number of halogens is 1. The molecule has 1 N–H and O–H groups in total. The molecule has 1 rings (SSSR count). The smallest absolute Gasteiger partial charge is 0.250 e. The summed E-state index contributed by atoms with van der Waals surface area (Å²) < 4.78 is 0.714. The van der Waals surface area contributed by atoms with Gasteiger partial charge in [-0.1, -0.05) is 35.5 Å². The molecule has 0 spiro atoms. The summed E-state index contributed by atoms with van der Waals surface area (Å²) in [5.41, 5.74) is 0.702. The number of nitrogens with zero attached hydrogens (tertiary/aromatic N) is 1. The van der Waals surface area contributed by atoms with Gasteiger partial charge in [0.2, 0.25) is 5.91 Å². The van der Waals surface area contributed by atoms with Gasteiger partial charge in [-0.15, -0.1) is 11.8 Å². The van der Waals surface area contributed by atoms with E-state index in [1.165, 1.54) is 0 Å². The summed E-state index contributed by atoms with van der Waals surface area (Å²) in [6.45, 7) is 7.83. The van der Waals surface area contributed by atoms with Gasteiger partial charge in [0.25, 0.3) is 5.91 Å². The van der Waals surface area contributed by atoms with Crippen molar-refractivity contribution < 1.29 is 9.59 Å². The fourth-order valence-electron chi connectivity index (χ4n) is 1.78. The number of allylic oxidation sites excluding steroid dienone is 1. The highest BCUT2D eigenvalue weighted by Crippen LogP contribution is 2.23. The van der Waals surface area contributed by atoms with Crippen LogP contribution in [-0.4, -0.2) is 40.9 Å². The fraction of sp³-hybridized carbons (Fsp3) is 0.538. The summed E-state index contributed by atoms with van der Waals surface area (Å²) in [7, 11) is 0. The summed E-state index contributed by atoms with van der Waals surface area (Å²) in [6.07, 6.45) is 2.71. The highest BCUT2D eigenvalue weighted by atomic mass is 79.9. The van der Waals surface area contributed by atoms with Crippen LogP contribution in [0.1, 0.15) is 20.3 Å². The molecule has 6 heteroatoms. The number of hydrogen-bond acceptors (Lipinski definition) is 3. The van der Waals surface area contributed by atoms with Crippen LogP contribution >= 0.6 is 27.7 Å². The Labute approximate surface area is 126 Å². The molecule has 19 heavy (non-hydrogen) atoms. The van der Waals surface area contributed by atoms with Crippen molar-refractivity contribution >= 4 is 39.5 Å². The molecule has 4 nitrogen and oxygen atoms in total. The van der Waals surface area contributed by atoms with Crippen LogP contribution in [0.2, 0.25) is 0 Å². The van der Waals surface area contributed by atoms with E-state index in [4.69, 9.17) is 0 Å². The Kier molecular flexibility index (Phi) is 6.65. The van der Waals surface area contributed by atoms with Crippen molar-refractivity contribution in [3.05, 3.63) is 22.7 Å². The van der Waals surface area contributed by atoms with Crippen LogP contribution in [0.5, 0.6) is 0 Å². The Morgan fingerprint density at radius 2 is 2.26 bits per heavy atom. The van der Waals surface area contributed by atoms with E-state index in [0.717, 1.165) is 6.42 Å². The average Bonchev–Trinajstić information content (AvgIpc) is 2.84. The summed E-state index contributed by atoms with van der Waals surface area (Å²) in [5.74, 6) is 1.04. The lowest BCUT2D eigenvalue weighted by atomic mass is 10.2. The number of rotatable bonds is 5. The molecule has 1 saturated heterocycles. The molecular formula is C13H19BrN2O2S. The second-order valence-corrected chi connectivity index (χ2v) is 6.44. The first kappa shape index (κ1) is 16.3. The van der Waals surface area contributed by atoms with E-state index < -0.39 is 0 Å². The maximum atomic E-state index is 12.2. The number of thioether (sulfide) groups is 1. The number of carbonyl (C=O) groups excluding carboxylic acids is 2. The van der Waals surface area contributed by atoms with Crippen LogP contribution in [0.15, 0.2) is 22.7 Å². The predicted octanol–water partition coefficient (Wildman–Crippen LogP) is 2.27. The summed E-state index contributed by atoms with van der Waals surface area (Å²) >= 11 is 4.79. The van der Waals surface area contributed by atoms with Crippen molar-refractivity contribution in [2.75, 3.05) is 18.2 Å². The van der Waals surface area contributed by atoms with Crippen LogP contribution < -0.4 is 5.32 Å². The first-order valence-corrected chi connectivity index (χ1v) is 8.08. The summed E-state index contributed by atoms with van der Waals surface area (Å²) in [5, 5.41) is 2.77. The molecule has 0 radical (unpaired) electrons. The minimum atomic E-state index is -0.385. The minimum absolute atomic E-state index is 0.0512. The van der Waals surface area contributed by atoms with E-state index in [2.05, 4.69) is 27.8 Å². The maximum Gasteiger partial charge on any atom is 0.250 e. The molecule has 0 aromatic heterocycles. The van der Waals surface area contributed by atoms with Gasteiger partial charge in [0.15, 0.2) is 0 Å². The lowest BCUT2D eigenvalue weighted by molar-refractivity contribution is -0.135. The van der Waals surface area contributed by atoms with Crippen molar-refractivity contribution in [3.8, 4) is 0 Å². The monoisotopic (exact) mass is 346 g/mol. The number of hydrogen-bond donors (Lipinski definition) is 1. The van der Waals surface area contributed by atoms with Crippen molar-refractivity contribution in [1.29, 1.82) is 0 Å². The van der Waals surface area contributed by atoms with Crippen LogP contribution in [0.25, 0.3) is 0 Å². The Morgan fingerprint density at radius 3 is 2.84 bits per heavy atom. The Balaban J connectivity index is 2.68. The van der Waals surface area contributed by atoms with E-state index in [0.29, 0.717) is 28.2 Å². The second kappa shape index (κ2) is 7.75. The highest BCUT2D eigenvalue weighted by Gasteiger charge is 2.34. The number of nitrogens with one attached hydrogen (secondary N) is 1. The van der Waals surface area contributed by atoms with Crippen molar-refractivity contribution in [2.45, 2.75) is 26.3 Å². The van der Waals surface area contributed by atoms with Crippen LogP contribution in [0, 0.1) is 0 Å². The van der Waals surface area contributed by atoms with E-state index in [1.54, 1.807) is 23.6 Å².